The van der Waals surface area contributed by atoms with Crippen molar-refractivity contribution in [2.75, 3.05) is 13.2 Å². The number of nitrogens with one attached hydrogen (secondary N) is 1. The number of sulfonamides is 1. The lowest BCUT2D eigenvalue weighted by Gasteiger charge is -2.35. The zero-order chi connectivity index (χ0) is 13.1. The summed E-state index contributed by atoms with van der Waals surface area (Å²) in [6.45, 7) is 0.393. The van der Waals surface area contributed by atoms with E-state index in [4.69, 9.17) is 0 Å². The zero-order valence-corrected chi connectivity index (χ0v) is 11.9. The minimum absolute atomic E-state index is 0.0555. The summed E-state index contributed by atoms with van der Waals surface area (Å²) in [5.41, 5.74) is -0.261. The molecule has 1 heterocycles. The van der Waals surface area contributed by atoms with E-state index in [9.17, 15) is 13.5 Å². The topological polar surface area (TPSA) is 66.4 Å². The molecular formula is C12H19NO3S2. The van der Waals surface area contributed by atoms with Crippen LogP contribution in [0.1, 0.15) is 32.1 Å². The third-order valence-electron chi connectivity index (χ3n) is 3.65. The van der Waals surface area contributed by atoms with Crippen LogP contribution in [0.4, 0.5) is 0 Å². The van der Waals surface area contributed by atoms with Crippen LogP contribution >= 0.6 is 11.3 Å². The summed E-state index contributed by atoms with van der Waals surface area (Å²) < 4.78 is 27.0. The van der Waals surface area contributed by atoms with E-state index in [2.05, 4.69) is 4.72 Å². The Morgan fingerprint density at radius 1 is 1.33 bits per heavy atom. The lowest BCUT2D eigenvalue weighted by molar-refractivity contribution is 0.0867. The molecule has 1 aliphatic carbocycles. The molecule has 0 saturated heterocycles. The molecule has 1 fully saturated rings. The molecule has 4 nitrogen and oxygen atoms in total. The maximum atomic E-state index is 12.0. The largest absolute Gasteiger partial charge is 0.396 e. The van der Waals surface area contributed by atoms with Gasteiger partial charge in [0.15, 0.2) is 0 Å². The molecule has 0 atom stereocenters. The Morgan fingerprint density at radius 2 is 2.06 bits per heavy atom. The third kappa shape index (κ3) is 3.12. The van der Waals surface area contributed by atoms with Crippen molar-refractivity contribution in [2.24, 2.45) is 5.41 Å². The SMILES string of the molecule is O=S(=O)(NCC1(CO)CCCCC1)c1cccs1. The molecule has 18 heavy (non-hydrogen) atoms. The maximum absolute atomic E-state index is 12.0. The van der Waals surface area contributed by atoms with Crippen molar-refractivity contribution < 1.29 is 13.5 Å². The number of hydrogen-bond acceptors (Lipinski definition) is 4. The molecule has 0 unspecified atom stereocenters. The number of hydrogen-bond donors (Lipinski definition) is 2. The Bertz CT molecular complexity index is 462. The zero-order valence-electron chi connectivity index (χ0n) is 10.3. The van der Waals surface area contributed by atoms with Gasteiger partial charge in [-0.25, -0.2) is 13.1 Å². The predicted octanol–water partition coefficient (Wildman–Crippen LogP) is 1.97. The molecule has 102 valence electrons. The van der Waals surface area contributed by atoms with E-state index in [0.29, 0.717) is 10.8 Å². The van der Waals surface area contributed by atoms with E-state index in [1.165, 1.54) is 17.8 Å². The highest BCUT2D eigenvalue weighted by Crippen LogP contribution is 2.35. The van der Waals surface area contributed by atoms with E-state index in [1.54, 1.807) is 17.5 Å². The monoisotopic (exact) mass is 289 g/mol. The van der Waals surface area contributed by atoms with Crippen LogP contribution in [0.2, 0.25) is 0 Å². The first-order chi connectivity index (χ1) is 8.58. The van der Waals surface area contributed by atoms with E-state index < -0.39 is 10.0 Å². The Balaban J connectivity index is 2.02. The quantitative estimate of drug-likeness (QED) is 0.871. The van der Waals surface area contributed by atoms with E-state index >= 15 is 0 Å². The van der Waals surface area contributed by atoms with Crippen molar-refractivity contribution in [1.29, 1.82) is 0 Å². The normalized spacial score (nSPS) is 19.8. The Morgan fingerprint density at radius 3 is 2.61 bits per heavy atom. The van der Waals surface area contributed by atoms with Gasteiger partial charge >= 0.3 is 0 Å². The molecule has 1 aromatic rings. The standard InChI is InChI=1S/C12H19NO3S2/c14-10-12(6-2-1-3-7-12)9-13-18(15,16)11-5-4-8-17-11/h4-5,8,13-14H,1-3,6-7,9-10H2. The van der Waals surface area contributed by atoms with Gasteiger partial charge in [0.1, 0.15) is 4.21 Å². The summed E-state index contributed by atoms with van der Waals surface area (Å²) in [5, 5.41) is 11.3. The van der Waals surface area contributed by atoms with E-state index in [0.717, 1.165) is 25.7 Å². The molecule has 1 saturated carbocycles. The predicted molar refractivity (Wildman–Crippen MR) is 72.1 cm³/mol. The minimum atomic E-state index is -3.41. The van der Waals surface area contributed by atoms with Crippen LogP contribution in [-0.4, -0.2) is 26.7 Å². The van der Waals surface area contributed by atoms with Crippen molar-refractivity contribution in [1.82, 2.24) is 4.72 Å². The Labute approximate surface area is 112 Å². The van der Waals surface area contributed by atoms with Gasteiger partial charge in [-0.05, 0) is 24.3 Å². The second-order valence-corrected chi connectivity index (χ2v) is 7.92. The molecule has 0 aliphatic heterocycles. The van der Waals surface area contributed by atoms with Crippen LogP contribution in [0.5, 0.6) is 0 Å². The molecule has 1 aliphatic rings. The summed E-state index contributed by atoms with van der Waals surface area (Å²) >= 11 is 1.21. The second-order valence-electron chi connectivity index (χ2n) is 4.98. The summed E-state index contributed by atoms with van der Waals surface area (Å²) in [7, 11) is -3.41. The van der Waals surface area contributed by atoms with Gasteiger partial charge in [0.05, 0.1) is 0 Å². The summed E-state index contributed by atoms with van der Waals surface area (Å²) in [5.74, 6) is 0. The van der Waals surface area contributed by atoms with Crippen LogP contribution < -0.4 is 4.72 Å². The molecule has 1 aromatic heterocycles. The highest BCUT2D eigenvalue weighted by Gasteiger charge is 2.32. The van der Waals surface area contributed by atoms with Gasteiger partial charge in [0, 0.05) is 18.6 Å². The number of rotatable bonds is 5. The van der Waals surface area contributed by atoms with Gasteiger partial charge in [0.25, 0.3) is 0 Å². The van der Waals surface area contributed by atoms with Gasteiger partial charge in [-0.15, -0.1) is 11.3 Å². The molecule has 0 bridgehead atoms. The van der Waals surface area contributed by atoms with Gasteiger partial charge in [0.2, 0.25) is 10.0 Å². The molecule has 0 aromatic carbocycles. The smallest absolute Gasteiger partial charge is 0.250 e. The van der Waals surface area contributed by atoms with Crippen LogP contribution in [0.3, 0.4) is 0 Å². The fourth-order valence-electron chi connectivity index (χ4n) is 2.43. The van der Waals surface area contributed by atoms with Crippen molar-refractivity contribution in [3.63, 3.8) is 0 Å². The number of aliphatic hydroxyl groups excluding tert-OH is 1. The average Bonchev–Trinajstić information content (AvgIpc) is 2.92. The first-order valence-corrected chi connectivity index (χ1v) is 8.58. The van der Waals surface area contributed by atoms with Crippen LogP contribution in [0.15, 0.2) is 21.7 Å². The van der Waals surface area contributed by atoms with Crippen molar-refractivity contribution in [3.8, 4) is 0 Å². The molecule has 0 amide bonds. The molecule has 0 spiro atoms. The lowest BCUT2D eigenvalue weighted by Crippen LogP contribution is -2.41. The fourth-order valence-corrected chi connectivity index (χ4v) is 4.62. The highest BCUT2D eigenvalue weighted by atomic mass is 32.2. The van der Waals surface area contributed by atoms with E-state index in [1.807, 2.05) is 0 Å². The van der Waals surface area contributed by atoms with Gasteiger partial charge in [-0.3, -0.25) is 0 Å². The molecule has 2 N–H and O–H groups in total. The maximum Gasteiger partial charge on any atom is 0.250 e. The molecular weight excluding hydrogens is 270 g/mol. The number of thiophene rings is 1. The summed E-state index contributed by atoms with van der Waals surface area (Å²) in [6.07, 6.45) is 5.12. The Kier molecular flexibility index (Phi) is 4.42. The summed E-state index contributed by atoms with van der Waals surface area (Å²) in [6, 6.07) is 3.32. The second kappa shape index (κ2) is 5.69. The van der Waals surface area contributed by atoms with Crippen molar-refractivity contribution >= 4 is 21.4 Å². The first-order valence-electron chi connectivity index (χ1n) is 6.22. The van der Waals surface area contributed by atoms with Crippen molar-refractivity contribution in [2.45, 2.75) is 36.3 Å². The molecule has 6 heteroatoms. The lowest BCUT2D eigenvalue weighted by atomic mass is 9.75. The fraction of sp³-hybridized carbons (Fsp3) is 0.667. The van der Waals surface area contributed by atoms with E-state index in [-0.39, 0.29) is 12.0 Å². The first kappa shape index (κ1) is 14.0. The van der Waals surface area contributed by atoms with Gasteiger partial charge in [-0.2, -0.15) is 0 Å². The highest BCUT2D eigenvalue weighted by molar-refractivity contribution is 7.91. The minimum Gasteiger partial charge on any atom is -0.396 e. The van der Waals surface area contributed by atoms with Gasteiger partial charge in [-0.1, -0.05) is 25.3 Å². The number of aliphatic hydroxyl groups is 1. The Hall–Kier alpha value is -0.430. The molecule has 2 rings (SSSR count). The summed E-state index contributed by atoms with van der Waals surface area (Å²) in [4.78, 5) is 0. The van der Waals surface area contributed by atoms with Crippen LogP contribution in [0, 0.1) is 5.41 Å². The van der Waals surface area contributed by atoms with Gasteiger partial charge < -0.3 is 5.11 Å². The van der Waals surface area contributed by atoms with Crippen molar-refractivity contribution in [3.05, 3.63) is 17.5 Å². The van der Waals surface area contributed by atoms with Crippen LogP contribution in [0.25, 0.3) is 0 Å². The molecule has 0 radical (unpaired) electrons. The average molecular weight is 289 g/mol. The third-order valence-corrected chi connectivity index (χ3v) is 6.45. The van der Waals surface area contributed by atoms with Crippen LogP contribution in [-0.2, 0) is 10.0 Å².